The molecular formula is C14H16BrNO. The number of aryl methyl sites for hydroxylation is 1. The molecule has 0 saturated heterocycles. The van der Waals surface area contributed by atoms with Crippen molar-refractivity contribution >= 4 is 15.9 Å². The molecule has 0 radical (unpaired) electrons. The predicted octanol–water partition coefficient (Wildman–Crippen LogP) is 4.20. The molecule has 0 saturated carbocycles. The lowest BCUT2D eigenvalue weighted by atomic mass is 10.1. The molecule has 0 aliphatic carbocycles. The van der Waals surface area contributed by atoms with Crippen LogP contribution in [0.4, 0.5) is 0 Å². The SMILES string of the molecule is Cc1ccc([C@@H](C)NCc2occc2Br)cc1. The second kappa shape index (κ2) is 5.52. The molecule has 0 fully saturated rings. The molecule has 1 atom stereocenters. The first-order chi connectivity index (χ1) is 8.16. The van der Waals surface area contributed by atoms with E-state index in [9.17, 15) is 0 Å². The van der Waals surface area contributed by atoms with Gasteiger partial charge in [0.1, 0.15) is 5.76 Å². The van der Waals surface area contributed by atoms with Crippen LogP contribution in [-0.4, -0.2) is 0 Å². The molecule has 1 heterocycles. The van der Waals surface area contributed by atoms with Gasteiger partial charge in [0, 0.05) is 6.04 Å². The fraction of sp³-hybridized carbons (Fsp3) is 0.286. The van der Waals surface area contributed by atoms with Gasteiger partial charge in [-0.3, -0.25) is 0 Å². The molecule has 17 heavy (non-hydrogen) atoms. The lowest BCUT2D eigenvalue weighted by Crippen LogP contribution is -2.17. The Labute approximate surface area is 110 Å². The standard InChI is InChI=1S/C14H16BrNO/c1-10-3-5-12(6-4-10)11(2)16-9-14-13(15)7-8-17-14/h3-8,11,16H,9H2,1-2H3/t11-/m1/s1. The zero-order valence-electron chi connectivity index (χ0n) is 10.0. The van der Waals surface area contributed by atoms with Crippen LogP contribution in [0.25, 0.3) is 0 Å². The first-order valence-corrected chi connectivity index (χ1v) is 6.48. The molecule has 0 bridgehead atoms. The number of furan rings is 1. The van der Waals surface area contributed by atoms with Crippen LogP contribution < -0.4 is 5.32 Å². The second-order valence-corrected chi connectivity index (χ2v) is 5.06. The fourth-order valence-electron chi connectivity index (χ4n) is 1.67. The van der Waals surface area contributed by atoms with Crippen LogP contribution in [0.3, 0.4) is 0 Å². The molecular weight excluding hydrogens is 278 g/mol. The Morgan fingerprint density at radius 3 is 2.53 bits per heavy atom. The van der Waals surface area contributed by atoms with E-state index in [2.05, 4.69) is 59.4 Å². The maximum Gasteiger partial charge on any atom is 0.131 e. The highest BCUT2D eigenvalue weighted by molar-refractivity contribution is 9.10. The van der Waals surface area contributed by atoms with Crippen LogP contribution in [0.1, 0.15) is 29.9 Å². The first kappa shape index (κ1) is 12.4. The van der Waals surface area contributed by atoms with Gasteiger partial charge in [0.15, 0.2) is 0 Å². The van der Waals surface area contributed by atoms with Crippen molar-refractivity contribution in [2.45, 2.75) is 26.4 Å². The van der Waals surface area contributed by atoms with Gasteiger partial charge in [0.25, 0.3) is 0 Å². The molecule has 1 N–H and O–H groups in total. The van der Waals surface area contributed by atoms with Gasteiger partial charge in [-0.2, -0.15) is 0 Å². The summed E-state index contributed by atoms with van der Waals surface area (Å²) in [4.78, 5) is 0. The van der Waals surface area contributed by atoms with Crippen LogP contribution in [-0.2, 0) is 6.54 Å². The molecule has 1 aromatic heterocycles. The lowest BCUT2D eigenvalue weighted by molar-refractivity contribution is 0.458. The van der Waals surface area contributed by atoms with Gasteiger partial charge in [-0.25, -0.2) is 0 Å². The minimum Gasteiger partial charge on any atom is -0.467 e. The van der Waals surface area contributed by atoms with Gasteiger partial charge in [-0.05, 0) is 41.4 Å². The van der Waals surface area contributed by atoms with Gasteiger partial charge in [-0.15, -0.1) is 0 Å². The van der Waals surface area contributed by atoms with E-state index in [0.29, 0.717) is 6.04 Å². The second-order valence-electron chi connectivity index (χ2n) is 4.20. The van der Waals surface area contributed by atoms with Crippen LogP contribution >= 0.6 is 15.9 Å². The van der Waals surface area contributed by atoms with Gasteiger partial charge >= 0.3 is 0 Å². The number of halogens is 1. The summed E-state index contributed by atoms with van der Waals surface area (Å²) in [5.41, 5.74) is 2.58. The molecule has 2 aromatic rings. The fourth-order valence-corrected chi connectivity index (χ4v) is 2.01. The van der Waals surface area contributed by atoms with Gasteiger partial charge in [0.2, 0.25) is 0 Å². The zero-order valence-corrected chi connectivity index (χ0v) is 11.6. The molecule has 0 unspecified atom stereocenters. The third-order valence-electron chi connectivity index (χ3n) is 2.84. The van der Waals surface area contributed by atoms with Crippen molar-refractivity contribution in [2.75, 3.05) is 0 Å². The summed E-state index contributed by atoms with van der Waals surface area (Å²) in [5.74, 6) is 0.934. The summed E-state index contributed by atoms with van der Waals surface area (Å²) < 4.78 is 6.38. The highest BCUT2D eigenvalue weighted by atomic mass is 79.9. The minimum atomic E-state index is 0.313. The topological polar surface area (TPSA) is 25.2 Å². The quantitative estimate of drug-likeness (QED) is 0.914. The van der Waals surface area contributed by atoms with Crippen molar-refractivity contribution in [2.24, 2.45) is 0 Å². The Morgan fingerprint density at radius 2 is 1.94 bits per heavy atom. The van der Waals surface area contributed by atoms with Crippen molar-refractivity contribution in [3.63, 3.8) is 0 Å². The lowest BCUT2D eigenvalue weighted by Gasteiger charge is -2.13. The zero-order chi connectivity index (χ0) is 12.3. The normalized spacial score (nSPS) is 12.6. The molecule has 0 aliphatic rings. The van der Waals surface area contributed by atoms with E-state index in [-0.39, 0.29) is 0 Å². The molecule has 0 amide bonds. The smallest absolute Gasteiger partial charge is 0.131 e. The van der Waals surface area contributed by atoms with Crippen molar-refractivity contribution < 1.29 is 4.42 Å². The van der Waals surface area contributed by atoms with Gasteiger partial charge in [-0.1, -0.05) is 29.8 Å². The molecule has 2 nitrogen and oxygen atoms in total. The number of benzene rings is 1. The van der Waals surface area contributed by atoms with E-state index in [4.69, 9.17) is 4.42 Å². The maximum atomic E-state index is 5.36. The van der Waals surface area contributed by atoms with E-state index in [1.165, 1.54) is 11.1 Å². The van der Waals surface area contributed by atoms with Gasteiger partial charge in [0.05, 0.1) is 17.3 Å². The Balaban J connectivity index is 1.95. The molecule has 0 spiro atoms. The highest BCUT2D eigenvalue weighted by Crippen LogP contribution is 2.19. The average molecular weight is 294 g/mol. The summed E-state index contributed by atoms with van der Waals surface area (Å²) in [6.07, 6.45) is 1.69. The average Bonchev–Trinajstić information content (AvgIpc) is 2.73. The molecule has 1 aromatic carbocycles. The van der Waals surface area contributed by atoms with Crippen molar-refractivity contribution in [1.29, 1.82) is 0 Å². The van der Waals surface area contributed by atoms with Gasteiger partial charge < -0.3 is 9.73 Å². The first-order valence-electron chi connectivity index (χ1n) is 5.68. The summed E-state index contributed by atoms with van der Waals surface area (Å²) in [5, 5.41) is 3.44. The Hall–Kier alpha value is -1.06. The Kier molecular flexibility index (Phi) is 4.02. The number of nitrogens with one attached hydrogen (secondary N) is 1. The molecule has 0 aliphatic heterocycles. The van der Waals surface area contributed by atoms with Crippen molar-refractivity contribution in [1.82, 2.24) is 5.32 Å². The maximum absolute atomic E-state index is 5.36. The molecule has 90 valence electrons. The van der Waals surface area contributed by atoms with E-state index in [1.807, 2.05) is 6.07 Å². The number of hydrogen-bond acceptors (Lipinski definition) is 2. The van der Waals surface area contributed by atoms with E-state index < -0.39 is 0 Å². The third kappa shape index (κ3) is 3.20. The number of hydrogen-bond donors (Lipinski definition) is 1. The van der Waals surface area contributed by atoms with Crippen molar-refractivity contribution in [3.05, 3.63) is 58.0 Å². The van der Waals surface area contributed by atoms with E-state index in [1.54, 1.807) is 6.26 Å². The Morgan fingerprint density at radius 1 is 1.24 bits per heavy atom. The summed E-state index contributed by atoms with van der Waals surface area (Å²) in [7, 11) is 0. The van der Waals surface area contributed by atoms with E-state index >= 15 is 0 Å². The van der Waals surface area contributed by atoms with Crippen LogP contribution in [0.5, 0.6) is 0 Å². The van der Waals surface area contributed by atoms with E-state index in [0.717, 1.165) is 16.8 Å². The Bertz CT molecular complexity index is 475. The summed E-state index contributed by atoms with van der Waals surface area (Å²) in [6, 6.07) is 10.8. The van der Waals surface area contributed by atoms with Crippen LogP contribution in [0, 0.1) is 6.92 Å². The highest BCUT2D eigenvalue weighted by Gasteiger charge is 2.07. The largest absolute Gasteiger partial charge is 0.467 e. The predicted molar refractivity (Wildman–Crippen MR) is 72.8 cm³/mol. The summed E-state index contributed by atoms with van der Waals surface area (Å²) in [6.45, 7) is 4.98. The third-order valence-corrected chi connectivity index (χ3v) is 3.54. The van der Waals surface area contributed by atoms with Crippen molar-refractivity contribution in [3.8, 4) is 0 Å². The minimum absolute atomic E-state index is 0.313. The number of rotatable bonds is 4. The van der Waals surface area contributed by atoms with Crippen LogP contribution in [0.2, 0.25) is 0 Å². The molecule has 2 rings (SSSR count). The molecule has 3 heteroatoms. The van der Waals surface area contributed by atoms with Crippen LogP contribution in [0.15, 0.2) is 45.5 Å². The monoisotopic (exact) mass is 293 g/mol. The summed E-state index contributed by atoms with van der Waals surface area (Å²) >= 11 is 3.45.